The number of carbonyl (C=O) groups is 1. The number of carbonyl (C=O) groups excluding carboxylic acids is 1. The Hall–Kier alpha value is -2.36. The molecule has 1 fully saturated rings. The van der Waals surface area contributed by atoms with E-state index in [0.717, 1.165) is 35.8 Å². The maximum absolute atomic E-state index is 12.3. The zero-order valence-electron chi connectivity index (χ0n) is 14.0. The molecule has 2 aromatic rings. The minimum absolute atomic E-state index is 0.128. The van der Waals surface area contributed by atoms with Gasteiger partial charge in [0.25, 0.3) is 5.91 Å². The summed E-state index contributed by atoms with van der Waals surface area (Å²) in [6.07, 6.45) is 1.82. The summed E-state index contributed by atoms with van der Waals surface area (Å²) in [7, 11) is 0. The lowest BCUT2D eigenvalue weighted by atomic mass is 10.0. The summed E-state index contributed by atoms with van der Waals surface area (Å²) < 4.78 is 0. The van der Waals surface area contributed by atoms with Crippen molar-refractivity contribution in [1.29, 1.82) is 0 Å². The van der Waals surface area contributed by atoms with E-state index < -0.39 is 0 Å². The van der Waals surface area contributed by atoms with Gasteiger partial charge in [-0.3, -0.25) is 4.79 Å². The van der Waals surface area contributed by atoms with Crippen molar-refractivity contribution in [2.24, 2.45) is 5.92 Å². The van der Waals surface area contributed by atoms with Crippen LogP contribution in [0.2, 0.25) is 0 Å². The van der Waals surface area contributed by atoms with Gasteiger partial charge >= 0.3 is 0 Å². The molecule has 0 bridgehead atoms. The lowest BCUT2D eigenvalue weighted by Gasteiger charge is -2.39. The van der Waals surface area contributed by atoms with E-state index in [1.807, 2.05) is 43.5 Å². The zero-order valence-corrected chi connectivity index (χ0v) is 14.0. The predicted molar refractivity (Wildman–Crippen MR) is 92.7 cm³/mol. The van der Waals surface area contributed by atoms with Crippen LogP contribution in [0.5, 0.6) is 0 Å². The molecule has 1 aliphatic rings. The molecule has 0 radical (unpaired) electrons. The fourth-order valence-corrected chi connectivity index (χ4v) is 2.88. The quantitative estimate of drug-likeness (QED) is 0.944. The number of rotatable bonds is 4. The van der Waals surface area contributed by atoms with Gasteiger partial charge in [-0.15, -0.1) is 0 Å². The first kappa shape index (κ1) is 15.5. The molecule has 0 spiro atoms. The summed E-state index contributed by atoms with van der Waals surface area (Å²) in [4.78, 5) is 18.9. The van der Waals surface area contributed by atoms with E-state index in [0.29, 0.717) is 12.2 Å². The Kier molecular flexibility index (Phi) is 4.33. The third kappa shape index (κ3) is 3.52. The predicted octanol–water partition coefficient (Wildman–Crippen LogP) is 3.08. The molecule has 1 aromatic carbocycles. The van der Waals surface area contributed by atoms with E-state index in [2.05, 4.69) is 29.0 Å². The molecule has 1 N–H and O–H groups in total. The highest BCUT2D eigenvalue weighted by Gasteiger charge is 2.24. The second-order valence-corrected chi connectivity index (χ2v) is 6.53. The largest absolute Gasteiger partial charge is 0.369 e. The SMILES string of the molecule is Cc1ccc(CNC(=O)c2cc(C)c(N3CC(C)C3)cn2)cc1. The molecular formula is C19H23N3O. The van der Waals surface area contributed by atoms with Gasteiger partial charge in [-0.2, -0.15) is 0 Å². The molecule has 0 atom stereocenters. The summed E-state index contributed by atoms with van der Waals surface area (Å²) in [5.74, 6) is 0.615. The fraction of sp³-hybridized carbons (Fsp3) is 0.368. The Balaban J connectivity index is 1.63. The molecule has 1 amide bonds. The fourth-order valence-electron chi connectivity index (χ4n) is 2.88. The molecule has 1 aromatic heterocycles. The van der Waals surface area contributed by atoms with Gasteiger partial charge in [0.05, 0.1) is 11.9 Å². The molecule has 0 unspecified atom stereocenters. The lowest BCUT2D eigenvalue weighted by molar-refractivity contribution is 0.0946. The van der Waals surface area contributed by atoms with Crippen molar-refractivity contribution in [3.63, 3.8) is 0 Å². The van der Waals surface area contributed by atoms with Gasteiger partial charge < -0.3 is 10.2 Å². The molecule has 23 heavy (non-hydrogen) atoms. The zero-order chi connectivity index (χ0) is 16.4. The van der Waals surface area contributed by atoms with Gasteiger partial charge in [0.2, 0.25) is 0 Å². The highest BCUT2D eigenvalue weighted by molar-refractivity contribution is 5.92. The van der Waals surface area contributed by atoms with E-state index in [1.54, 1.807) is 0 Å². The van der Waals surface area contributed by atoms with E-state index in [9.17, 15) is 4.79 Å². The van der Waals surface area contributed by atoms with Gasteiger partial charge in [0.1, 0.15) is 5.69 Å². The number of hydrogen-bond acceptors (Lipinski definition) is 3. The second-order valence-electron chi connectivity index (χ2n) is 6.53. The summed E-state index contributed by atoms with van der Waals surface area (Å²) in [6.45, 7) is 8.99. The van der Waals surface area contributed by atoms with Crippen LogP contribution in [0.25, 0.3) is 0 Å². The Morgan fingerprint density at radius 1 is 1.26 bits per heavy atom. The number of amides is 1. The Bertz CT molecular complexity index is 703. The van der Waals surface area contributed by atoms with Crippen LogP contribution in [0, 0.1) is 19.8 Å². The maximum atomic E-state index is 12.3. The van der Waals surface area contributed by atoms with Crippen molar-refractivity contribution in [2.45, 2.75) is 27.3 Å². The first-order chi connectivity index (χ1) is 11.0. The molecule has 4 nitrogen and oxygen atoms in total. The number of aromatic nitrogens is 1. The average Bonchev–Trinajstić information content (AvgIpc) is 2.51. The monoisotopic (exact) mass is 309 g/mol. The highest BCUT2D eigenvalue weighted by Crippen LogP contribution is 2.26. The van der Waals surface area contributed by atoms with Crippen molar-refractivity contribution in [3.05, 3.63) is 58.9 Å². The number of benzene rings is 1. The Labute approximate surface area is 137 Å². The van der Waals surface area contributed by atoms with E-state index in [1.165, 1.54) is 5.56 Å². The maximum Gasteiger partial charge on any atom is 0.270 e. The van der Waals surface area contributed by atoms with Crippen LogP contribution >= 0.6 is 0 Å². The molecule has 3 rings (SSSR count). The Morgan fingerprint density at radius 3 is 2.57 bits per heavy atom. The van der Waals surface area contributed by atoms with Gasteiger partial charge in [-0.25, -0.2) is 4.98 Å². The third-order valence-electron chi connectivity index (χ3n) is 4.29. The second kappa shape index (κ2) is 6.41. The molecule has 0 saturated carbocycles. The molecule has 0 aliphatic carbocycles. The topological polar surface area (TPSA) is 45.2 Å². The van der Waals surface area contributed by atoms with Crippen LogP contribution in [-0.2, 0) is 6.54 Å². The molecule has 120 valence electrons. The first-order valence-corrected chi connectivity index (χ1v) is 8.08. The molecule has 4 heteroatoms. The number of nitrogens with one attached hydrogen (secondary N) is 1. The third-order valence-corrected chi connectivity index (χ3v) is 4.29. The number of hydrogen-bond donors (Lipinski definition) is 1. The van der Waals surface area contributed by atoms with Crippen LogP contribution in [0.3, 0.4) is 0 Å². The minimum atomic E-state index is -0.128. The smallest absolute Gasteiger partial charge is 0.270 e. The van der Waals surface area contributed by atoms with Crippen molar-refractivity contribution in [3.8, 4) is 0 Å². The average molecular weight is 309 g/mol. The molecule has 1 saturated heterocycles. The van der Waals surface area contributed by atoms with Crippen molar-refractivity contribution >= 4 is 11.6 Å². The van der Waals surface area contributed by atoms with E-state index >= 15 is 0 Å². The lowest BCUT2D eigenvalue weighted by Crippen LogP contribution is -2.45. The number of pyridine rings is 1. The summed E-state index contributed by atoms with van der Waals surface area (Å²) in [6, 6.07) is 10.0. The van der Waals surface area contributed by atoms with E-state index in [-0.39, 0.29) is 5.91 Å². The van der Waals surface area contributed by atoms with Gasteiger partial charge in [-0.1, -0.05) is 36.8 Å². The van der Waals surface area contributed by atoms with Crippen LogP contribution in [0.4, 0.5) is 5.69 Å². The normalized spacial score (nSPS) is 14.5. The van der Waals surface area contributed by atoms with Crippen LogP contribution in [-0.4, -0.2) is 24.0 Å². The van der Waals surface area contributed by atoms with Gasteiger partial charge in [0.15, 0.2) is 0 Å². The van der Waals surface area contributed by atoms with Crippen molar-refractivity contribution < 1.29 is 4.79 Å². The molecular weight excluding hydrogens is 286 g/mol. The van der Waals surface area contributed by atoms with E-state index in [4.69, 9.17) is 0 Å². The highest BCUT2D eigenvalue weighted by atomic mass is 16.1. The number of nitrogens with zero attached hydrogens (tertiary/aromatic N) is 2. The summed E-state index contributed by atoms with van der Waals surface area (Å²) in [5.41, 5.74) is 5.03. The molecule has 1 aliphatic heterocycles. The standard InChI is InChI=1S/C19H23N3O/c1-13-4-6-16(7-5-13)9-21-19(23)17-8-15(3)18(10-20-17)22-11-14(2)12-22/h4-8,10,14H,9,11-12H2,1-3H3,(H,21,23). The van der Waals surface area contributed by atoms with Crippen LogP contribution in [0.1, 0.15) is 34.1 Å². The number of anilines is 1. The van der Waals surface area contributed by atoms with Crippen LogP contribution in [0.15, 0.2) is 36.5 Å². The summed E-state index contributed by atoms with van der Waals surface area (Å²) in [5, 5.41) is 2.93. The minimum Gasteiger partial charge on any atom is -0.369 e. The van der Waals surface area contributed by atoms with Gasteiger partial charge in [-0.05, 0) is 37.0 Å². The molecule has 2 heterocycles. The van der Waals surface area contributed by atoms with Gasteiger partial charge in [0, 0.05) is 19.6 Å². The van der Waals surface area contributed by atoms with Crippen molar-refractivity contribution in [1.82, 2.24) is 10.3 Å². The number of aryl methyl sites for hydroxylation is 2. The Morgan fingerprint density at radius 2 is 1.96 bits per heavy atom. The summed E-state index contributed by atoms with van der Waals surface area (Å²) >= 11 is 0. The van der Waals surface area contributed by atoms with Crippen molar-refractivity contribution in [2.75, 3.05) is 18.0 Å². The first-order valence-electron chi connectivity index (χ1n) is 8.08. The van der Waals surface area contributed by atoms with Crippen LogP contribution < -0.4 is 10.2 Å².